The predicted octanol–water partition coefficient (Wildman–Crippen LogP) is 2.43. The molecule has 2 aromatic rings. The van der Waals surface area contributed by atoms with Crippen molar-refractivity contribution < 1.29 is 4.73 Å². The molecule has 1 aliphatic rings. The normalized spacial score (nSPS) is 19.6. The number of rotatable bonds is 1. The van der Waals surface area contributed by atoms with Crippen LogP contribution in [0.5, 0.6) is 0 Å². The minimum absolute atomic E-state index is 0.0775. The molecule has 98 valence electrons. The van der Waals surface area contributed by atoms with Crippen LogP contribution in [0.4, 0.5) is 5.13 Å². The monoisotopic (exact) mass is 338 g/mol. The summed E-state index contributed by atoms with van der Waals surface area (Å²) in [6.07, 6.45) is 4.96. The smallest absolute Gasteiger partial charge is 0.200 e. The zero-order valence-electron chi connectivity index (χ0n) is 10.0. The Balaban J connectivity index is 1.97. The van der Waals surface area contributed by atoms with Crippen molar-refractivity contribution in [3.05, 3.63) is 22.1 Å². The van der Waals surface area contributed by atoms with Gasteiger partial charge in [0.15, 0.2) is 17.5 Å². The largest absolute Gasteiger partial charge is 0.619 e. The summed E-state index contributed by atoms with van der Waals surface area (Å²) >= 11 is 4.86. The first kappa shape index (κ1) is 12.6. The Morgan fingerprint density at radius 2 is 2.42 bits per heavy atom. The van der Waals surface area contributed by atoms with Gasteiger partial charge < -0.3 is 10.1 Å². The van der Waals surface area contributed by atoms with E-state index in [2.05, 4.69) is 31.9 Å². The van der Waals surface area contributed by atoms with Gasteiger partial charge in [-0.05, 0) is 28.8 Å². The molecule has 5 nitrogen and oxygen atoms in total. The Morgan fingerprint density at radius 3 is 3.21 bits per heavy atom. The van der Waals surface area contributed by atoms with Gasteiger partial charge in [-0.1, -0.05) is 11.3 Å². The fourth-order valence-electron chi connectivity index (χ4n) is 2.30. The number of hydrogen-bond acceptors (Lipinski definition) is 5. The lowest BCUT2D eigenvalue weighted by Gasteiger charge is -2.28. The summed E-state index contributed by atoms with van der Waals surface area (Å²) in [6, 6.07) is 2.33. The lowest BCUT2D eigenvalue weighted by Crippen LogP contribution is -2.34. The third-order valence-electron chi connectivity index (χ3n) is 3.23. The number of pyridine rings is 1. The predicted molar refractivity (Wildman–Crippen MR) is 76.8 cm³/mol. The molecule has 3 rings (SSSR count). The molecule has 0 radical (unpaired) electrons. The van der Waals surface area contributed by atoms with Gasteiger partial charge in [-0.25, -0.2) is 4.98 Å². The van der Waals surface area contributed by atoms with Crippen LogP contribution in [0.15, 0.2) is 16.9 Å². The molecule has 3 heterocycles. The summed E-state index contributed by atoms with van der Waals surface area (Å²) in [6.45, 7) is 1.65. The molecular weight excluding hydrogens is 328 g/mol. The van der Waals surface area contributed by atoms with Gasteiger partial charge in [0, 0.05) is 13.1 Å². The zero-order valence-corrected chi connectivity index (χ0v) is 12.4. The summed E-state index contributed by atoms with van der Waals surface area (Å²) in [5.74, 6) is 0.0775. The molecule has 0 aromatic carbocycles. The molecule has 1 saturated heterocycles. The third-order valence-corrected chi connectivity index (χ3v) is 4.86. The van der Waals surface area contributed by atoms with E-state index in [9.17, 15) is 5.21 Å². The first-order valence-corrected chi connectivity index (χ1v) is 7.62. The molecule has 0 amide bonds. The fourth-order valence-corrected chi connectivity index (χ4v) is 3.97. The van der Waals surface area contributed by atoms with E-state index in [1.807, 2.05) is 0 Å². The molecule has 0 N–H and O–H groups in total. The molecule has 1 aliphatic heterocycles. The van der Waals surface area contributed by atoms with Crippen molar-refractivity contribution in [2.24, 2.45) is 5.92 Å². The molecule has 1 atom stereocenters. The molecule has 0 spiro atoms. The van der Waals surface area contributed by atoms with Gasteiger partial charge in [-0.2, -0.15) is 9.99 Å². The SMILES string of the molecule is N#CC1CCCN(c2nc3c(Br)c[n+]([O-])cc3s2)C1. The Morgan fingerprint density at radius 1 is 1.58 bits per heavy atom. The Hall–Kier alpha value is -1.39. The fraction of sp³-hybridized carbons (Fsp3) is 0.417. The third kappa shape index (κ3) is 2.38. The van der Waals surface area contributed by atoms with Crippen LogP contribution in [0.2, 0.25) is 0 Å². The lowest BCUT2D eigenvalue weighted by atomic mass is 10.0. The second kappa shape index (κ2) is 4.94. The van der Waals surface area contributed by atoms with Crippen LogP contribution in [0.1, 0.15) is 12.8 Å². The molecule has 0 aliphatic carbocycles. The maximum Gasteiger partial charge on any atom is 0.200 e. The number of hydrogen-bond donors (Lipinski definition) is 0. The molecule has 1 unspecified atom stereocenters. The quantitative estimate of drug-likeness (QED) is 0.591. The van der Waals surface area contributed by atoms with Crippen molar-refractivity contribution in [3.63, 3.8) is 0 Å². The number of nitrogens with zero attached hydrogens (tertiary/aromatic N) is 4. The minimum atomic E-state index is 0.0775. The molecule has 19 heavy (non-hydrogen) atoms. The highest BCUT2D eigenvalue weighted by molar-refractivity contribution is 9.10. The Labute approximate surface area is 122 Å². The molecule has 7 heteroatoms. The summed E-state index contributed by atoms with van der Waals surface area (Å²) in [7, 11) is 0. The highest BCUT2D eigenvalue weighted by atomic mass is 79.9. The number of nitriles is 1. The van der Waals surface area contributed by atoms with Crippen molar-refractivity contribution in [1.82, 2.24) is 4.98 Å². The first-order chi connectivity index (χ1) is 9.17. The highest BCUT2D eigenvalue weighted by Gasteiger charge is 2.23. The maximum absolute atomic E-state index is 11.4. The van der Waals surface area contributed by atoms with E-state index in [0.29, 0.717) is 4.47 Å². The van der Waals surface area contributed by atoms with E-state index in [1.54, 1.807) is 0 Å². The van der Waals surface area contributed by atoms with Gasteiger partial charge in [-0.15, -0.1) is 0 Å². The molecule has 1 fully saturated rings. The van der Waals surface area contributed by atoms with E-state index in [1.165, 1.54) is 23.7 Å². The van der Waals surface area contributed by atoms with Gasteiger partial charge in [0.1, 0.15) is 14.7 Å². The molecule has 0 bridgehead atoms. The number of anilines is 1. The van der Waals surface area contributed by atoms with Crippen LogP contribution in [-0.2, 0) is 0 Å². The van der Waals surface area contributed by atoms with Gasteiger partial charge >= 0.3 is 0 Å². The van der Waals surface area contributed by atoms with E-state index in [-0.39, 0.29) is 5.92 Å². The van der Waals surface area contributed by atoms with Crippen molar-refractivity contribution >= 4 is 42.6 Å². The Kier molecular flexibility index (Phi) is 3.29. The van der Waals surface area contributed by atoms with Gasteiger partial charge in [0.2, 0.25) is 0 Å². The van der Waals surface area contributed by atoms with Crippen LogP contribution in [0.25, 0.3) is 10.2 Å². The van der Waals surface area contributed by atoms with E-state index < -0.39 is 0 Å². The van der Waals surface area contributed by atoms with Gasteiger partial charge in [0.05, 0.1) is 12.0 Å². The zero-order chi connectivity index (χ0) is 13.4. The number of fused-ring (bicyclic) bond motifs is 1. The summed E-state index contributed by atoms with van der Waals surface area (Å²) in [5.41, 5.74) is 0.811. The van der Waals surface area contributed by atoms with Crippen molar-refractivity contribution in [1.29, 1.82) is 5.26 Å². The molecule has 2 aromatic heterocycles. The van der Waals surface area contributed by atoms with Crippen molar-refractivity contribution in [3.8, 4) is 6.07 Å². The Bertz CT molecular complexity index is 666. The van der Waals surface area contributed by atoms with Crippen LogP contribution >= 0.6 is 27.3 Å². The van der Waals surface area contributed by atoms with Gasteiger partial charge in [0.25, 0.3) is 0 Å². The average molecular weight is 339 g/mol. The van der Waals surface area contributed by atoms with E-state index >= 15 is 0 Å². The lowest BCUT2D eigenvalue weighted by molar-refractivity contribution is -0.604. The topological polar surface area (TPSA) is 66.9 Å². The van der Waals surface area contributed by atoms with Crippen LogP contribution in [0.3, 0.4) is 0 Å². The molecular formula is C12H11BrN4OS. The van der Waals surface area contributed by atoms with Gasteiger partial charge in [-0.3, -0.25) is 0 Å². The average Bonchev–Trinajstić information content (AvgIpc) is 2.83. The van der Waals surface area contributed by atoms with Crippen LogP contribution in [0, 0.1) is 22.5 Å². The van der Waals surface area contributed by atoms with Crippen molar-refractivity contribution in [2.45, 2.75) is 12.8 Å². The standard InChI is InChI=1S/C12H11BrN4OS/c13-9-6-17(18)7-10-11(9)15-12(19-10)16-3-1-2-8(4-14)5-16/h6-8H,1-3,5H2. The maximum atomic E-state index is 11.4. The van der Waals surface area contributed by atoms with Crippen LogP contribution < -0.4 is 9.63 Å². The minimum Gasteiger partial charge on any atom is -0.619 e. The van der Waals surface area contributed by atoms with Crippen LogP contribution in [-0.4, -0.2) is 18.1 Å². The highest BCUT2D eigenvalue weighted by Crippen LogP contribution is 2.33. The van der Waals surface area contributed by atoms with Crippen molar-refractivity contribution in [2.75, 3.05) is 18.0 Å². The first-order valence-electron chi connectivity index (χ1n) is 6.01. The number of thiazole rings is 1. The summed E-state index contributed by atoms with van der Waals surface area (Å²) in [4.78, 5) is 6.72. The van der Waals surface area contributed by atoms with E-state index in [4.69, 9.17) is 5.26 Å². The summed E-state index contributed by atoms with van der Waals surface area (Å²) < 4.78 is 2.35. The number of aromatic nitrogens is 2. The second-order valence-corrected chi connectivity index (χ2v) is 6.45. The number of piperidine rings is 1. The van der Waals surface area contributed by atoms with E-state index in [0.717, 1.165) is 46.0 Å². The molecule has 0 saturated carbocycles. The second-order valence-electron chi connectivity index (χ2n) is 4.59. The summed E-state index contributed by atoms with van der Waals surface area (Å²) in [5, 5.41) is 21.3. The number of halogens is 1.